The summed E-state index contributed by atoms with van der Waals surface area (Å²) in [5.41, 5.74) is 6.10. The van der Waals surface area contributed by atoms with Crippen LogP contribution in [0.2, 0.25) is 0 Å². The monoisotopic (exact) mass is 214 g/mol. The Balaban J connectivity index is 2.17. The number of hydrogen-bond acceptors (Lipinski definition) is 3. The first-order valence-corrected chi connectivity index (χ1v) is 4.95. The van der Waals surface area contributed by atoms with E-state index in [0.717, 1.165) is 16.7 Å². The molecule has 1 aliphatic rings. The van der Waals surface area contributed by atoms with Crippen LogP contribution in [0, 0.1) is 0 Å². The van der Waals surface area contributed by atoms with E-state index in [-0.39, 0.29) is 0 Å². The minimum absolute atomic E-state index is 0.396. The average Bonchev–Trinajstić information content (AvgIpc) is 2.66. The van der Waals surface area contributed by atoms with Crippen molar-refractivity contribution in [3.05, 3.63) is 30.6 Å². The maximum atomic E-state index is 11.1. The van der Waals surface area contributed by atoms with Gasteiger partial charge in [-0.3, -0.25) is 9.78 Å². The number of primary amides is 1. The second-order valence-electron chi connectivity index (χ2n) is 3.69. The van der Waals surface area contributed by atoms with Crippen LogP contribution in [-0.2, 0) is 4.79 Å². The molecule has 0 aliphatic carbocycles. The lowest BCUT2D eigenvalue weighted by Crippen LogP contribution is -2.35. The van der Waals surface area contributed by atoms with Crippen molar-refractivity contribution in [3.63, 3.8) is 0 Å². The summed E-state index contributed by atoms with van der Waals surface area (Å²) in [7, 11) is 0. The molecule has 2 aromatic heterocycles. The van der Waals surface area contributed by atoms with Crippen molar-refractivity contribution in [2.75, 3.05) is 5.32 Å². The minimum Gasteiger partial charge on any atom is -0.368 e. The highest BCUT2D eigenvalue weighted by Crippen LogP contribution is 2.27. The van der Waals surface area contributed by atoms with Gasteiger partial charge in [0.25, 0.3) is 0 Å². The molecule has 1 amide bonds. The average molecular weight is 214 g/mol. The zero-order valence-corrected chi connectivity index (χ0v) is 8.42. The molecule has 1 atom stereocenters. The first-order chi connectivity index (χ1) is 7.75. The van der Waals surface area contributed by atoms with Crippen LogP contribution in [0.1, 0.15) is 0 Å². The van der Waals surface area contributed by atoms with Gasteiger partial charge in [-0.25, -0.2) is 0 Å². The Bertz CT molecular complexity index is 599. The summed E-state index contributed by atoms with van der Waals surface area (Å²) in [5.74, 6) is 0.412. The number of amides is 1. The van der Waals surface area contributed by atoms with E-state index in [0.29, 0.717) is 0 Å². The van der Waals surface area contributed by atoms with Gasteiger partial charge in [-0.2, -0.15) is 0 Å². The first-order valence-electron chi connectivity index (χ1n) is 4.95. The van der Waals surface area contributed by atoms with Crippen LogP contribution in [0.4, 0.5) is 5.82 Å². The summed E-state index contributed by atoms with van der Waals surface area (Å²) in [4.78, 5) is 15.4. The summed E-state index contributed by atoms with van der Waals surface area (Å²) in [6, 6.07) is 3.39. The van der Waals surface area contributed by atoms with Crippen LogP contribution in [0.15, 0.2) is 30.6 Å². The van der Waals surface area contributed by atoms with E-state index in [1.807, 2.05) is 29.1 Å². The summed E-state index contributed by atoms with van der Waals surface area (Å²) < 4.78 is 1.90. The molecule has 0 saturated carbocycles. The summed E-state index contributed by atoms with van der Waals surface area (Å²) in [6.45, 7) is 0. The number of nitrogens with zero attached hydrogens (tertiary/aromatic N) is 2. The Hall–Kier alpha value is -2.30. The third-order valence-corrected chi connectivity index (χ3v) is 2.64. The number of carbonyl (C=O) groups excluding carboxylic acids is 1. The second kappa shape index (κ2) is 3.10. The molecule has 0 fully saturated rings. The number of nitrogens with one attached hydrogen (secondary N) is 1. The van der Waals surface area contributed by atoms with Gasteiger partial charge < -0.3 is 15.6 Å². The molecule has 3 rings (SSSR count). The number of aromatic nitrogens is 2. The Kier molecular flexibility index (Phi) is 1.73. The molecule has 16 heavy (non-hydrogen) atoms. The molecule has 1 aliphatic heterocycles. The van der Waals surface area contributed by atoms with Gasteiger partial charge in [-0.1, -0.05) is 0 Å². The molecule has 1 unspecified atom stereocenters. The lowest BCUT2D eigenvalue weighted by molar-refractivity contribution is -0.117. The normalized spacial score (nSPS) is 18.1. The number of nitrogens with two attached hydrogens (primary N) is 1. The predicted molar refractivity (Wildman–Crippen MR) is 61.7 cm³/mol. The largest absolute Gasteiger partial charge is 0.368 e. The summed E-state index contributed by atoms with van der Waals surface area (Å²) in [5, 5.41) is 4.09. The quantitative estimate of drug-likeness (QED) is 0.737. The maximum absolute atomic E-state index is 11.1. The van der Waals surface area contributed by atoms with E-state index >= 15 is 0 Å². The number of carbonyl (C=O) groups is 1. The van der Waals surface area contributed by atoms with Crippen LogP contribution in [0.25, 0.3) is 17.1 Å². The number of anilines is 1. The van der Waals surface area contributed by atoms with Crippen LogP contribution in [0.3, 0.4) is 0 Å². The Morgan fingerprint density at radius 1 is 1.56 bits per heavy atom. The smallest absolute Gasteiger partial charge is 0.244 e. The number of rotatable bonds is 1. The third-order valence-electron chi connectivity index (χ3n) is 2.64. The molecule has 3 heterocycles. The number of pyridine rings is 1. The van der Waals surface area contributed by atoms with Crippen LogP contribution < -0.4 is 11.1 Å². The molecule has 0 aromatic carbocycles. The highest BCUT2D eigenvalue weighted by atomic mass is 16.1. The minimum atomic E-state index is -0.465. The van der Waals surface area contributed by atoms with Crippen molar-refractivity contribution in [2.45, 2.75) is 6.04 Å². The molecule has 3 N–H and O–H groups in total. The summed E-state index contributed by atoms with van der Waals surface area (Å²) >= 11 is 0. The lowest BCUT2D eigenvalue weighted by Gasteiger charge is -2.18. The van der Waals surface area contributed by atoms with Gasteiger partial charge in [0.15, 0.2) is 0 Å². The predicted octanol–water partition coefficient (Wildman–Crippen LogP) is 0.786. The molecule has 0 spiro atoms. The summed E-state index contributed by atoms with van der Waals surface area (Å²) in [6.07, 6.45) is 7.23. The molecular formula is C11H10N4O. The molecule has 5 nitrogen and oxygen atoms in total. The molecule has 2 aromatic rings. The van der Waals surface area contributed by atoms with Gasteiger partial charge >= 0.3 is 0 Å². The van der Waals surface area contributed by atoms with Gasteiger partial charge in [-0.15, -0.1) is 0 Å². The van der Waals surface area contributed by atoms with Gasteiger partial charge in [-0.05, 0) is 18.2 Å². The third kappa shape index (κ3) is 1.18. The zero-order valence-electron chi connectivity index (χ0n) is 8.42. The molecule has 0 bridgehead atoms. The lowest BCUT2D eigenvalue weighted by atomic mass is 10.2. The SMILES string of the molecule is NC(=O)C1C=Cn2cc3cccnc3c2N1. The molecule has 0 radical (unpaired) electrons. The van der Waals surface area contributed by atoms with Crippen LogP contribution in [-0.4, -0.2) is 21.5 Å². The van der Waals surface area contributed by atoms with Crippen molar-refractivity contribution >= 4 is 28.8 Å². The van der Waals surface area contributed by atoms with E-state index in [9.17, 15) is 4.79 Å². The number of hydrogen-bond donors (Lipinski definition) is 2. The molecule has 80 valence electrons. The van der Waals surface area contributed by atoms with Crippen molar-refractivity contribution in [3.8, 4) is 0 Å². The topological polar surface area (TPSA) is 72.9 Å². The Morgan fingerprint density at radius 3 is 3.25 bits per heavy atom. The fourth-order valence-corrected chi connectivity index (χ4v) is 1.86. The standard InChI is InChI=1S/C11H10N4O/c12-10(16)8-3-5-15-6-7-2-1-4-13-9(7)11(15)14-8/h1-6,8,14H,(H2,12,16). The van der Waals surface area contributed by atoms with Crippen molar-refractivity contribution in [1.82, 2.24) is 9.55 Å². The number of fused-ring (bicyclic) bond motifs is 3. The molecule has 5 heteroatoms. The highest BCUT2D eigenvalue weighted by Gasteiger charge is 2.19. The molecule has 0 saturated heterocycles. The van der Waals surface area contributed by atoms with Gasteiger partial charge in [0.05, 0.1) is 0 Å². The highest BCUT2D eigenvalue weighted by molar-refractivity contribution is 5.95. The van der Waals surface area contributed by atoms with Crippen molar-refractivity contribution in [1.29, 1.82) is 0 Å². The van der Waals surface area contributed by atoms with E-state index < -0.39 is 11.9 Å². The van der Waals surface area contributed by atoms with E-state index in [2.05, 4.69) is 10.3 Å². The maximum Gasteiger partial charge on any atom is 0.244 e. The van der Waals surface area contributed by atoms with Crippen molar-refractivity contribution < 1.29 is 4.79 Å². The van der Waals surface area contributed by atoms with Gasteiger partial charge in [0.1, 0.15) is 17.4 Å². The van der Waals surface area contributed by atoms with E-state index in [1.165, 1.54) is 0 Å². The van der Waals surface area contributed by atoms with Crippen LogP contribution >= 0.6 is 0 Å². The first kappa shape index (κ1) is 8.96. The van der Waals surface area contributed by atoms with Crippen molar-refractivity contribution in [2.24, 2.45) is 5.73 Å². The Morgan fingerprint density at radius 2 is 2.44 bits per heavy atom. The fraction of sp³-hybridized carbons (Fsp3) is 0.0909. The van der Waals surface area contributed by atoms with E-state index in [1.54, 1.807) is 12.3 Å². The fourth-order valence-electron chi connectivity index (χ4n) is 1.86. The van der Waals surface area contributed by atoms with Gasteiger partial charge in [0, 0.05) is 24.0 Å². The van der Waals surface area contributed by atoms with Gasteiger partial charge in [0.2, 0.25) is 5.91 Å². The van der Waals surface area contributed by atoms with Crippen LogP contribution in [0.5, 0.6) is 0 Å². The second-order valence-corrected chi connectivity index (χ2v) is 3.69. The van der Waals surface area contributed by atoms with E-state index in [4.69, 9.17) is 5.73 Å². The zero-order chi connectivity index (χ0) is 11.1. The Labute approximate surface area is 91.6 Å². The molecular weight excluding hydrogens is 204 g/mol.